The molecule has 1 aliphatic carbocycles. The highest BCUT2D eigenvalue weighted by Crippen LogP contribution is 2.27. The van der Waals surface area contributed by atoms with Gasteiger partial charge < -0.3 is 5.73 Å². The van der Waals surface area contributed by atoms with Gasteiger partial charge in [0.15, 0.2) is 0 Å². The van der Waals surface area contributed by atoms with Gasteiger partial charge in [-0.2, -0.15) is 0 Å². The Bertz CT molecular complexity index is 610. The Morgan fingerprint density at radius 1 is 1.29 bits per heavy atom. The van der Waals surface area contributed by atoms with E-state index in [0.717, 1.165) is 25.0 Å². The standard InChI is InChI=1S/C13H18F2N2O2S.ClH/c1-8-5-11(15)13(6-10(8)14)20(18,19)17-12-4-2-3-9(12)7-16;/h5-6,9,12,17H,2-4,7,16H2,1H3;1H. The fourth-order valence-corrected chi connectivity index (χ4v) is 3.98. The van der Waals surface area contributed by atoms with Crippen molar-refractivity contribution >= 4 is 22.4 Å². The first kappa shape index (κ1) is 18.3. The monoisotopic (exact) mass is 340 g/mol. The summed E-state index contributed by atoms with van der Waals surface area (Å²) in [6, 6.07) is 1.30. The Kier molecular flexibility index (Phi) is 6.10. The van der Waals surface area contributed by atoms with Crippen molar-refractivity contribution in [2.24, 2.45) is 11.7 Å². The van der Waals surface area contributed by atoms with Gasteiger partial charge in [-0.05, 0) is 49.9 Å². The largest absolute Gasteiger partial charge is 0.330 e. The maximum atomic E-state index is 13.8. The van der Waals surface area contributed by atoms with E-state index in [1.807, 2.05) is 0 Å². The zero-order valence-corrected chi connectivity index (χ0v) is 13.2. The van der Waals surface area contributed by atoms with Crippen molar-refractivity contribution in [2.75, 3.05) is 6.54 Å². The number of hydrogen-bond donors (Lipinski definition) is 2. The van der Waals surface area contributed by atoms with E-state index in [0.29, 0.717) is 13.0 Å². The predicted molar refractivity (Wildman–Crippen MR) is 78.8 cm³/mol. The normalized spacial score (nSPS) is 22.1. The third-order valence-electron chi connectivity index (χ3n) is 3.77. The number of rotatable bonds is 4. The van der Waals surface area contributed by atoms with Gasteiger partial charge in [0.25, 0.3) is 0 Å². The van der Waals surface area contributed by atoms with Gasteiger partial charge >= 0.3 is 0 Å². The van der Waals surface area contributed by atoms with Gasteiger partial charge in [0.1, 0.15) is 16.5 Å². The van der Waals surface area contributed by atoms with Gasteiger partial charge in [0.2, 0.25) is 10.0 Å². The third kappa shape index (κ3) is 3.91. The summed E-state index contributed by atoms with van der Waals surface area (Å²) in [6.45, 7) is 1.75. The first-order valence-electron chi connectivity index (χ1n) is 6.53. The van der Waals surface area contributed by atoms with Gasteiger partial charge in [0.05, 0.1) is 0 Å². The zero-order chi connectivity index (χ0) is 14.9. The molecule has 1 saturated carbocycles. The summed E-state index contributed by atoms with van der Waals surface area (Å²) in [6.07, 6.45) is 2.38. The molecule has 0 bridgehead atoms. The van der Waals surface area contributed by atoms with Crippen molar-refractivity contribution in [3.05, 3.63) is 29.3 Å². The summed E-state index contributed by atoms with van der Waals surface area (Å²) in [5.41, 5.74) is 5.66. The Labute approximate surface area is 129 Å². The molecule has 0 aliphatic heterocycles. The summed E-state index contributed by atoms with van der Waals surface area (Å²) < 4.78 is 54.0. The highest BCUT2D eigenvalue weighted by atomic mass is 35.5. The molecule has 0 spiro atoms. The molecular weight excluding hydrogens is 322 g/mol. The van der Waals surface area contributed by atoms with Crippen LogP contribution in [0, 0.1) is 24.5 Å². The quantitative estimate of drug-likeness (QED) is 0.881. The minimum absolute atomic E-state index is 0. The Morgan fingerprint density at radius 3 is 2.57 bits per heavy atom. The zero-order valence-electron chi connectivity index (χ0n) is 11.6. The maximum Gasteiger partial charge on any atom is 0.243 e. The molecule has 1 fully saturated rings. The highest BCUT2D eigenvalue weighted by Gasteiger charge is 2.31. The molecule has 0 heterocycles. The van der Waals surface area contributed by atoms with Crippen LogP contribution in [0.4, 0.5) is 8.78 Å². The first-order chi connectivity index (χ1) is 9.35. The summed E-state index contributed by atoms with van der Waals surface area (Å²) in [5.74, 6) is -1.64. The second-order valence-corrected chi connectivity index (χ2v) is 6.87. The average Bonchev–Trinajstić information content (AvgIpc) is 2.80. The fourth-order valence-electron chi connectivity index (χ4n) is 2.57. The number of hydrogen-bond acceptors (Lipinski definition) is 3. The van der Waals surface area contributed by atoms with Gasteiger partial charge in [-0.1, -0.05) is 6.42 Å². The number of benzene rings is 1. The van der Waals surface area contributed by atoms with Crippen LogP contribution in [0.5, 0.6) is 0 Å². The fraction of sp³-hybridized carbons (Fsp3) is 0.538. The van der Waals surface area contributed by atoms with E-state index in [-0.39, 0.29) is 29.9 Å². The lowest BCUT2D eigenvalue weighted by molar-refractivity contribution is 0.450. The molecule has 1 aromatic carbocycles. The number of aryl methyl sites for hydroxylation is 1. The molecule has 1 aliphatic rings. The van der Waals surface area contributed by atoms with E-state index < -0.39 is 26.6 Å². The van der Waals surface area contributed by atoms with Crippen LogP contribution in [0.25, 0.3) is 0 Å². The molecule has 0 radical (unpaired) electrons. The van der Waals surface area contributed by atoms with Crippen LogP contribution < -0.4 is 10.5 Å². The van der Waals surface area contributed by atoms with Crippen molar-refractivity contribution < 1.29 is 17.2 Å². The van der Waals surface area contributed by atoms with E-state index >= 15 is 0 Å². The number of nitrogens with two attached hydrogens (primary N) is 1. The lowest BCUT2D eigenvalue weighted by Crippen LogP contribution is -2.40. The van der Waals surface area contributed by atoms with E-state index in [9.17, 15) is 17.2 Å². The molecular formula is C13H19ClF2N2O2S. The Hall–Kier alpha value is -0.760. The minimum atomic E-state index is -4.08. The highest BCUT2D eigenvalue weighted by molar-refractivity contribution is 7.89. The minimum Gasteiger partial charge on any atom is -0.330 e. The number of halogens is 3. The van der Waals surface area contributed by atoms with Crippen molar-refractivity contribution in [1.29, 1.82) is 0 Å². The molecule has 3 N–H and O–H groups in total. The van der Waals surface area contributed by atoms with E-state index in [1.54, 1.807) is 0 Å². The average molecular weight is 341 g/mol. The van der Waals surface area contributed by atoms with Gasteiger partial charge in [0, 0.05) is 6.04 Å². The van der Waals surface area contributed by atoms with E-state index in [4.69, 9.17) is 5.73 Å². The molecule has 0 amide bonds. The molecule has 0 aromatic heterocycles. The van der Waals surface area contributed by atoms with Crippen molar-refractivity contribution in [3.8, 4) is 0 Å². The van der Waals surface area contributed by atoms with E-state index in [1.165, 1.54) is 6.92 Å². The van der Waals surface area contributed by atoms with Crippen LogP contribution in [0.3, 0.4) is 0 Å². The lowest BCUT2D eigenvalue weighted by Gasteiger charge is -2.19. The number of nitrogens with one attached hydrogen (secondary N) is 1. The smallest absolute Gasteiger partial charge is 0.243 e. The van der Waals surface area contributed by atoms with Crippen molar-refractivity contribution in [3.63, 3.8) is 0 Å². The topological polar surface area (TPSA) is 72.2 Å². The maximum absolute atomic E-state index is 13.8. The van der Waals surface area contributed by atoms with Crippen LogP contribution in [-0.2, 0) is 10.0 Å². The first-order valence-corrected chi connectivity index (χ1v) is 8.01. The third-order valence-corrected chi connectivity index (χ3v) is 5.28. The second-order valence-electron chi connectivity index (χ2n) is 5.19. The van der Waals surface area contributed by atoms with Crippen LogP contribution >= 0.6 is 12.4 Å². The van der Waals surface area contributed by atoms with Crippen molar-refractivity contribution in [1.82, 2.24) is 4.72 Å². The second kappa shape index (κ2) is 7.00. The SMILES string of the molecule is Cc1cc(F)c(S(=O)(=O)NC2CCCC2CN)cc1F.Cl. The summed E-state index contributed by atoms with van der Waals surface area (Å²) >= 11 is 0. The molecule has 4 nitrogen and oxygen atoms in total. The lowest BCUT2D eigenvalue weighted by atomic mass is 10.1. The molecule has 2 unspecified atom stereocenters. The van der Waals surface area contributed by atoms with Gasteiger partial charge in [-0.25, -0.2) is 21.9 Å². The molecule has 2 rings (SSSR count). The number of sulfonamides is 1. The van der Waals surface area contributed by atoms with Crippen LogP contribution in [0.2, 0.25) is 0 Å². The molecule has 120 valence electrons. The molecule has 2 atom stereocenters. The molecule has 8 heteroatoms. The van der Waals surface area contributed by atoms with Gasteiger partial charge in [-0.3, -0.25) is 0 Å². The summed E-state index contributed by atoms with van der Waals surface area (Å²) in [5, 5.41) is 0. The molecule has 1 aromatic rings. The molecule has 21 heavy (non-hydrogen) atoms. The Morgan fingerprint density at radius 2 is 1.95 bits per heavy atom. The van der Waals surface area contributed by atoms with E-state index in [2.05, 4.69) is 4.72 Å². The van der Waals surface area contributed by atoms with Crippen LogP contribution in [0.15, 0.2) is 17.0 Å². The summed E-state index contributed by atoms with van der Waals surface area (Å²) in [4.78, 5) is -0.650. The molecule has 0 saturated heterocycles. The van der Waals surface area contributed by atoms with Crippen LogP contribution in [-0.4, -0.2) is 21.0 Å². The predicted octanol–water partition coefficient (Wildman–Crippen LogP) is 2.10. The van der Waals surface area contributed by atoms with Crippen molar-refractivity contribution in [2.45, 2.75) is 37.1 Å². The summed E-state index contributed by atoms with van der Waals surface area (Å²) in [7, 11) is -4.08. The van der Waals surface area contributed by atoms with Gasteiger partial charge in [-0.15, -0.1) is 12.4 Å². The Balaban J connectivity index is 0.00000220. The van der Waals surface area contributed by atoms with Crippen LogP contribution in [0.1, 0.15) is 24.8 Å².